The molecule has 0 amide bonds. The van der Waals surface area contributed by atoms with Crippen molar-refractivity contribution in [2.45, 2.75) is 60.0 Å². The number of rotatable bonds is 5. The third-order valence-electron chi connectivity index (χ3n) is 1.49. The third-order valence-corrected chi connectivity index (χ3v) is 1.49. The Balaban J connectivity index is 4.10. The van der Waals surface area contributed by atoms with Crippen LogP contribution in [0.2, 0.25) is 0 Å². The Labute approximate surface area is 91.9 Å². The molecule has 0 spiro atoms. The van der Waals surface area contributed by atoms with E-state index in [1.165, 1.54) is 0 Å². The van der Waals surface area contributed by atoms with Gasteiger partial charge in [-0.2, -0.15) is 0 Å². The molecule has 0 saturated carbocycles. The molecule has 0 rings (SSSR count). The summed E-state index contributed by atoms with van der Waals surface area (Å²) >= 11 is 0. The van der Waals surface area contributed by atoms with Crippen LogP contribution in [0.5, 0.6) is 0 Å². The summed E-state index contributed by atoms with van der Waals surface area (Å²) in [5, 5.41) is 0. The van der Waals surface area contributed by atoms with Crippen LogP contribution in [-0.4, -0.2) is 24.7 Å². The SMILES string of the molecule is CC(C)OC(=O)OC(OC(C)C)C(C)C. The molecule has 0 heterocycles. The molecule has 0 aliphatic heterocycles. The van der Waals surface area contributed by atoms with Gasteiger partial charge in [0.15, 0.2) is 0 Å². The molecule has 0 fully saturated rings. The lowest BCUT2D eigenvalue weighted by Crippen LogP contribution is -2.30. The van der Waals surface area contributed by atoms with Gasteiger partial charge < -0.3 is 14.2 Å². The second-order valence-electron chi connectivity index (χ2n) is 4.33. The van der Waals surface area contributed by atoms with Crippen LogP contribution in [-0.2, 0) is 14.2 Å². The summed E-state index contributed by atoms with van der Waals surface area (Å²) in [6.45, 7) is 11.2. The predicted octanol–water partition coefficient (Wildman–Crippen LogP) is 2.96. The second-order valence-corrected chi connectivity index (χ2v) is 4.33. The van der Waals surface area contributed by atoms with Crippen LogP contribution in [0.1, 0.15) is 41.5 Å². The molecule has 0 saturated heterocycles. The smallest absolute Gasteiger partial charge is 0.432 e. The van der Waals surface area contributed by atoms with Gasteiger partial charge in [-0.3, -0.25) is 0 Å². The van der Waals surface area contributed by atoms with Crippen LogP contribution in [0, 0.1) is 5.92 Å². The molecule has 4 heteroatoms. The molecule has 0 bridgehead atoms. The summed E-state index contributed by atoms with van der Waals surface area (Å²) < 4.78 is 15.4. The van der Waals surface area contributed by atoms with E-state index in [1.54, 1.807) is 13.8 Å². The maximum atomic E-state index is 11.2. The molecule has 90 valence electrons. The lowest BCUT2D eigenvalue weighted by atomic mass is 10.2. The van der Waals surface area contributed by atoms with Crippen molar-refractivity contribution in [3.8, 4) is 0 Å². The predicted molar refractivity (Wildman–Crippen MR) is 57.5 cm³/mol. The first-order chi connectivity index (χ1) is 6.82. The lowest BCUT2D eigenvalue weighted by molar-refractivity contribution is -0.166. The third kappa shape index (κ3) is 7.19. The Kier molecular flexibility index (Phi) is 6.32. The summed E-state index contributed by atoms with van der Waals surface area (Å²) in [7, 11) is 0. The minimum Gasteiger partial charge on any atom is -0.432 e. The molecule has 0 aliphatic carbocycles. The van der Waals surface area contributed by atoms with E-state index in [2.05, 4.69) is 0 Å². The highest BCUT2D eigenvalue weighted by molar-refractivity contribution is 5.60. The van der Waals surface area contributed by atoms with Crippen LogP contribution >= 0.6 is 0 Å². The van der Waals surface area contributed by atoms with Crippen molar-refractivity contribution in [2.75, 3.05) is 0 Å². The van der Waals surface area contributed by atoms with Crippen molar-refractivity contribution >= 4 is 6.16 Å². The quantitative estimate of drug-likeness (QED) is 0.525. The number of carbonyl (C=O) groups is 1. The second kappa shape index (κ2) is 6.67. The Morgan fingerprint density at radius 1 is 0.867 bits per heavy atom. The van der Waals surface area contributed by atoms with E-state index < -0.39 is 12.4 Å². The first-order valence-electron chi connectivity index (χ1n) is 5.35. The Hall–Kier alpha value is -0.770. The van der Waals surface area contributed by atoms with E-state index in [0.717, 1.165) is 0 Å². The van der Waals surface area contributed by atoms with Gasteiger partial charge in [0.1, 0.15) is 0 Å². The largest absolute Gasteiger partial charge is 0.510 e. The Bertz CT molecular complexity index is 187. The molecule has 15 heavy (non-hydrogen) atoms. The van der Waals surface area contributed by atoms with Gasteiger partial charge in [-0.05, 0) is 27.7 Å². The van der Waals surface area contributed by atoms with Gasteiger partial charge in [0.05, 0.1) is 12.2 Å². The van der Waals surface area contributed by atoms with Crippen molar-refractivity contribution in [2.24, 2.45) is 5.92 Å². The van der Waals surface area contributed by atoms with Crippen molar-refractivity contribution in [3.63, 3.8) is 0 Å². The summed E-state index contributed by atoms with van der Waals surface area (Å²) in [6, 6.07) is 0. The molecule has 0 radical (unpaired) electrons. The number of hydrogen-bond acceptors (Lipinski definition) is 4. The fraction of sp³-hybridized carbons (Fsp3) is 0.909. The zero-order valence-electron chi connectivity index (χ0n) is 10.4. The minimum absolute atomic E-state index is 0.0178. The molecule has 0 aromatic heterocycles. The van der Waals surface area contributed by atoms with E-state index >= 15 is 0 Å². The zero-order valence-corrected chi connectivity index (χ0v) is 10.4. The Morgan fingerprint density at radius 3 is 1.73 bits per heavy atom. The normalized spacial score (nSPS) is 13.4. The average molecular weight is 218 g/mol. The van der Waals surface area contributed by atoms with Gasteiger partial charge in [-0.15, -0.1) is 0 Å². The summed E-state index contributed by atoms with van der Waals surface area (Å²) in [6.07, 6.45) is -1.38. The van der Waals surface area contributed by atoms with Gasteiger partial charge in [0, 0.05) is 5.92 Å². The van der Waals surface area contributed by atoms with Gasteiger partial charge >= 0.3 is 6.16 Å². The molecule has 0 aromatic carbocycles. The highest BCUT2D eigenvalue weighted by Crippen LogP contribution is 2.12. The van der Waals surface area contributed by atoms with Gasteiger partial charge in [-0.1, -0.05) is 13.8 Å². The summed E-state index contributed by atoms with van der Waals surface area (Å²) in [5.41, 5.74) is 0. The molecular formula is C11H22O4. The van der Waals surface area contributed by atoms with E-state index in [9.17, 15) is 4.79 Å². The number of hydrogen-bond donors (Lipinski definition) is 0. The average Bonchev–Trinajstić information content (AvgIpc) is 1.99. The van der Waals surface area contributed by atoms with Gasteiger partial charge in [-0.25, -0.2) is 4.79 Å². The van der Waals surface area contributed by atoms with Crippen molar-refractivity contribution in [3.05, 3.63) is 0 Å². The first kappa shape index (κ1) is 14.2. The zero-order chi connectivity index (χ0) is 12.0. The van der Waals surface area contributed by atoms with E-state index in [4.69, 9.17) is 14.2 Å². The molecular weight excluding hydrogens is 196 g/mol. The number of ether oxygens (including phenoxy) is 3. The molecule has 4 nitrogen and oxygen atoms in total. The maximum Gasteiger partial charge on any atom is 0.510 e. The van der Waals surface area contributed by atoms with Gasteiger partial charge in [0.2, 0.25) is 6.29 Å². The Morgan fingerprint density at radius 2 is 1.40 bits per heavy atom. The van der Waals surface area contributed by atoms with Crippen molar-refractivity contribution in [1.82, 2.24) is 0 Å². The molecule has 0 N–H and O–H groups in total. The van der Waals surface area contributed by atoms with Crippen molar-refractivity contribution in [1.29, 1.82) is 0 Å². The molecule has 1 atom stereocenters. The molecule has 0 aliphatic rings. The first-order valence-corrected chi connectivity index (χ1v) is 5.35. The molecule has 1 unspecified atom stereocenters. The van der Waals surface area contributed by atoms with Crippen LogP contribution in [0.15, 0.2) is 0 Å². The van der Waals surface area contributed by atoms with Crippen LogP contribution < -0.4 is 0 Å². The van der Waals surface area contributed by atoms with E-state index in [-0.39, 0.29) is 18.1 Å². The standard InChI is InChI=1S/C11H22O4/c1-7(2)10(13-8(3)4)15-11(12)14-9(5)6/h7-10H,1-6H3. The fourth-order valence-electron chi connectivity index (χ4n) is 0.904. The summed E-state index contributed by atoms with van der Waals surface area (Å²) in [4.78, 5) is 11.2. The van der Waals surface area contributed by atoms with E-state index in [1.807, 2.05) is 27.7 Å². The fourth-order valence-corrected chi connectivity index (χ4v) is 0.904. The maximum absolute atomic E-state index is 11.2. The van der Waals surface area contributed by atoms with Crippen LogP contribution in [0.25, 0.3) is 0 Å². The monoisotopic (exact) mass is 218 g/mol. The van der Waals surface area contributed by atoms with Crippen molar-refractivity contribution < 1.29 is 19.0 Å². The summed E-state index contributed by atoms with van der Waals surface area (Å²) in [5.74, 6) is 0.104. The lowest BCUT2D eigenvalue weighted by Gasteiger charge is -2.23. The highest BCUT2D eigenvalue weighted by Gasteiger charge is 2.21. The van der Waals surface area contributed by atoms with Gasteiger partial charge in [0.25, 0.3) is 0 Å². The van der Waals surface area contributed by atoms with E-state index in [0.29, 0.717) is 0 Å². The number of carbonyl (C=O) groups excluding carboxylic acids is 1. The molecule has 0 aromatic rings. The minimum atomic E-state index is -0.677. The van der Waals surface area contributed by atoms with Crippen LogP contribution in [0.4, 0.5) is 4.79 Å². The van der Waals surface area contributed by atoms with Crippen LogP contribution in [0.3, 0.4) is 0 Å². The topological polar surface area (TPSA) is 44.8 Å². The highest BCUT2D eigenvalue weighted by atomic mass is 16.8.